The Hall–Kier alpha value is -2.92. The number of esters is 1. The van der Waals surface area contributed by atoms with Crippen LogP contribution in [0, 0.1) is 11.7 Å². The van der Waals surface area contributed by atoms with Crippen molar-refractivity contribution in [2.45, 2.75) is 59.1 Å². The number of halogens is 1. The van der Waals surface area contributed by atoms with Crippen LogP contribution in [0.1, 0.15) is 53.0 Å². The number of nitrogens with zero attached hydrogens (tertiary/aromatic N) is 2. The first kappa shape index (κ1) is 26.7. The van der Waals surface area contributed by atoms with E-state index in [1.165, 1.54) is 30.0 Å². The van der Waals surface area contributed by atoms with Gasteiger partial charge in [0, 0.05) is 24.7 Å². The van der Waals surface area contributed by atoms with Crippen LogP contribution in [0.4, 0.5) is 9.18 Å². The van der Waals surface area contributed by atoms with Crippen LogP contribution in [0.15, 0.2) is 28.1 Å². The lowest BCUT2D eigenvalue weighted by molar-refractivity contribution is -0.158. The molecule has 2 amide bonds. The molecule has 2 heterocycles. The lowest BCUT2D eigenvalue weighted by Gasteiger charge is -2.28. The average Bonchev–Trinajstić information content (AvgIpc) is 3.13. The summed E-state index contributed by atoms with van der Waals surface area (Å²) in [6.45, 7) is 10.2. The van der Waals surface area contributed by atoms with Crippen molar-refractivity contribution >= 4 is 41.0 Å². The van der Waals surface area contributed by atoms with E-state index in [4.69, 9.17) is 9.47 Å². The molecule has 2 aliphatic heterocycles. The largest absolute Gasteiger partial charge is 0.458 e. The molecule has 1 unspecified atom stereocenters. The summed E-state index contributed by atoms with van der Waals surface area (Å²) in [5.74, 6) is -2.03. The summed E-state index contributed by atoms with van der Waals surface area (Å²) in [4.78, 5) is 42.0. The predicted molar refractivity (Wildman–Crippen MR) is 132 cm³/mol. The van der Waals surface area contributed by atoms with E-state index in [0.29, 0.717) is 15.6 Å². The smallest absolute Gasteiger partial charge is 0.413 e. The molecule has 2 N–H and O–H groups in total. The summed E-state index contributed by atoms with van der Waals surface area (Å²) in [6.07, 6.45) is 2.60. The zero-order valence-electron chi connectivity index (χ0n) is 20.5. The Morgan fingerprint density at radius 1 is 1.29 bits per heavy atom. The maximum atomic E-state index is 14.0. The molecule has 9 nitrogen and oxygen atoms in total. The zero-order valence-corrected chi connectivity index (χ0v) is 21.3. The fraction of sp³-hybridized carbons (Fsp3) is 0.500. The van der Waals surface area contributed by atoms with Crippen molar-refractivity contribution < 1.29 is 28.2 Å². The summed E-state index contributed by atoms with van der Waals surface area (Å²) in [5, 5.41) is 4.88. The van der Waals surface area contributed by atoms with Crippen molar-refractivity contribution in [1.29, 1.82) is 0 Å². The van der Waals surface area contributed by atoms with Crippen LogP contribution in [-0.4, -0.2) is 52.9 Å². The van der Waals surface area contributed by atoms with Crippen LogP contribution in [0.2, 0.25) is 0 Å². The quantitative estimate of drug-likeness (QED) is 0.458. The normalized spacial score (nSPS) is 18.5. The van der Waals surface area contributed by atoms with Crippen molar-refractivity contribution in [3.05, 3.63) is 34.5 Å². The summed E-state index contributed by atoms with van der Waals surface area (Å²) < 4.78 is 24.7. The standard InChI is InChI=1S/C24H31FN4O5S/c1-14(2)19(21(31)34-24(3,4)5)27-23(32)33-17-13-16(25)9-8-15(17)12-18-20(30)28-22(35-18)29-11-7-6-10-26-29/h8-9,12-14,19,26H,6-7,10-11H2,1-5H3,(H,27,32). The third-order valence-corrected chi connectivity index (χ3v) is 6.02. The predicted octanol–water partition coefficient (Wildman–Crippen LogP) is 3.85. The van der Waals surface area contributed by atoms with E-state index in [2.05, 4.69) is 15.7 Å². The molecule has 35 heavy (non-hydrogen) atoms. The molecule has 0 bridgehead atoms. The van der Waals surface area contributed by atoms with Crippen molar-refractivity contribution in [3.8, 4) is 5.75 Å². The fourth-order valence-electron chi connectivity index (χ4n) is 3.34. The van der Waals surface area contributed by atoms with Gasteiger partial charge in [0.1, 0.15) is 23.2 Å². The fourth-order valence-corrected chi connectivity index (χ4v) is 4.25. The third kappa shape index (κ3) is 7.53. The zero-order chi connectivity index (χ0) is 25.8. The molecule has 0 radical (unpaired) electrons. The Morgan fingerprint density at radius 3 is 2.66 bits per heavy atom. The first-order valence-corrected chi connectivity index (χ1v) is 12.3. The number of carbonyl (C=O) groups is 3. The SMILES string of the molecule is CC(C)C(NC(=O)Oc1cc(F)ccc1C=C1SC(N2CCCCN2)=NC1=O)C(=O)OC(C)(C)C. The van der Waals surface area contributed by atoms with Gasteiger partial charge in [0.05, 0.1) is 4.91 Å². The van der Waals surface area contributed by atoms with Gasteiger partial charge >= 0.3 is 12.1 Å². The number of hydrogen-bond donors (Lipinski definition) is 2. The van der Waals surface area contributed by atoms with Crippen LogP contribution in [0.25, 0.3) is 6.08 Å². The second-order valence-electron chi connectivity index (χ2n) is 9.55. The van der Waals surface area contributed by atoms with Gasteiger partial charge in [0.2, 0.25) is 0 Å². The van der Waals surface area contributed by atoms with Gasteiger partial charge in [-0.1, -0.05) is 13.8 Å². The van der Waals surface area contributed by atoms with Gasteiger partial charge in [-0.05, 0) is 69.5 Å². The van der Waals surface area contributed by atoms with Crippen LogP contribution in [0.3, 0.4) is 0 Å². The molecule has 0 spiro atoms. The highest BCUT2D eigenvalue weighted by molar-refractivity contribution is 8.18. The van der Waals surface area contributed by atoms with Gasteiger partial charge < -0.3 is 14.8 Å². The summed E-state index contributed by atoms with van der Waals surface area (Å²) >= 11 is 1.19. The molecule has 11 heteroatoms. The van der Waals surface area contributed by atoms with E-state index in [1.807, 2.05) is 5.01 Å². The molecule has 3 rings (SSSR count). The number of ether oxygens (including phenoxy) is 2. The van der Waals surface area contributed by atoms with E-state index in [0.717, 1.165) is 32.0 Å². The Labute approximate surface area is 208 Å². The minimum Gasteiger partial charge on any atom is -0.458 e. The Balaban J connectivity index is 1.74. The molecule has 0 aromatic heterocycles. The lowest BCUT2D eigenvalue weighted by atomic mass is 10.0. The number of aliphatic imine (C=N–C) groups is 1. The molecular weight excluding hydrogens is 475 g/mol. The number of hydrogen-bond acceptors (Lipinski definition) is 8. The molecule has 0 saturated carbocycles. The van der Waals surface area contributed by atoms with Crippen molar-refractivity contribution in [3.63, 3.8) is 0 Å². The summed E-state index contributed by atoms with van der Waals surface area (Å²) in [7, 11) is 0. The van der Waals surface area contributed by atoms with E-state index in [-0.39, 0.29) is 11.7 Å². The Kier molecular flexibility index (Phi) is 8.55. The Morgan fingerprint density at radius 2 is 2.03 bits per heavy atom. The molecule has 1 aromatic rings. The van der Waals surface area contributed by atoms with Gasteiger partial charge in [-0.2, -0.15) is 4.99 Å². The minimum absolute atomic E-state index is 0.0976. The number of rotatable bonds is 5. The number of thioether (sulfide) groups is 1. The number of hydrazine groups is 1. The molecule has 190 valence electrons. The van der Waals surface area contributed by atoms with Crippen molar-refractivity contribution in [2.75, 3.05) is 13.1 Å². The number of benzene rings is 1. The van der Waals surface area contributed by atoms with Crippen molar-refractivity contribution in [2.24, 2.45) is 10.9 Å². The van der Waals surface area contributed by atoms with E-state index < -0.39 is 35.4 Å². The number of amides is 2. The second-order valence-corrected chi connectivity index (χ2v) is 10.6. The van der Waals surface area contributed by atoms with Crippen LogP contribution in [0.5, 0.6) is 5.75 Å². The number of amidine groups is 1. The number of nitrogens with one attached hydrogen (secondary N) is 2. The highest BCUT2D eigenvalue weighted by Gasteiger charge is 2.31. The topological polar surface area (TPSA) is 109 Å². The van der Waals surface area contributed by atoms with Gasteiger partial charge in [-0.15, -0.1) is 0 Å². The van der Waals surface area contributed by atoms with Gasteiger partial charge in [-0.25, -0.2) is 19.4 Å². The Bertz CT molecular complexity index is 1040. The van der Waals surface area contributed by atoms with Crippen LogP contribution >= 0.6 is 11.8 Å². The summed E-state index contributed by atoms with van der Waals surface area (Å²) in [6, 6.07) is 2.69. The van der Waals surface area contributed by atoms with Crippen LogP contribution in [-0.2, 0) is 14.3 Å². The highest BCUT2D eigenvalue weighted by atomic mass is 32.2. The monoisotopic (exact) mass is 506 g/mol. The molecule has 1 saturated heterocycles. The summed E-state index contributed by atoms with van der Waals surface area (Å²) in [5.41, 5.74) is 2.79. The first-order valence-electron chi connectivity index (χ1n) is 11.5. The van der Waals surface area contributed by atoms with Gasteiger partial charge in [0.15, 0.2) is 5.17 Å². The maximum absolute atomic E-state index is 14.0. The lowest BCUT2D eigenvalue weighted by Crippen LogP contribution is -2.48. The first-order chi connectivity index (χ1) is 16.4. The molecule has 1 atom stereocenters. The molecule has 1 fully saturated rings. The highest BCUT2D eigenvalue weighted by Crippen LogP contribution is 2.33. The second kappa shape index (κ2) is 11.2. The van der Waals surface area contributed by atoms with Gasteiger partial charge in [0.25, 0.3) is 5.91 Å². The number of carbonyl (C=O) groups excluding carboxylic acids is 3. The minimum atomic E-state index is -0.961. The maximum Gasteiger partial charge on any atom is 0.413 e. The van der Waals surface area contributed by atoms with E-state index in [9.17, 15) is 18.8 Å². The van der Waals surface area contributed by atoms with E-state index >= 15 is 0 Å². The van der Waals surface area contributed by atoms with Gasteiger partial charge in [-0.3, -0.25) is 9.80 Å². The third-order valence-electron chi connectivity index (χ3n) is 5.02. The van der Waals surface area contributed by atoms with Crippen LogP contribution < -0.4 is 15.5 Å². The average molecular weight is 507 g/mol. The van der Waals surface area contributed by atoms with Crippen molar-refractivity contribution in [1.82, 2.24) is 15.8 Å². The molecule has 1 aromatic carbocycles. The molecule has 0 aliphatic carbocycles. The van der Waals surface area contributed by atoms with E-state index in [1.54, 1.807) is 34.6 Å². The molecular formula is C24H31FN4O5S. The molecule has 2 aliphatic rings.